The van der Waals surface area contributed by atoms with Crippen molar-refractivity contribution in [2.45, 2.75) is 0 Å². The van der Waals surface area contributed by atoms with Gasteiger partial charge in [-0.05, 0) is 0 Å². The van der Waals surface area contributed by atoms with Gasteiger partial charge in [-0.2, -0.15) is 0 Å². The number of methoxy groups -OCH3 is 1. The fourth-order valence-electron chi connectivity index (χ4n) is 0.620. The summed E-state index contributed by atoms with van der Waals surface area (Å²) in [4.78, 5) is 24.2. The van der Waals surface area contributed by atoms with E-state index in [0.717, 1.165) is 4.57 Å². The number of carbonyl (C=O) groups excluding carboxylic acids is 2. The van der Waals surface area contributed by atoms with Crippen LogP contribution in [0.5, 0.6) is 5.88 Å². The van der Waals surface area contributed by atoms with Gasteiger partial charge in [-0.15, -0.1) is 0 Å². The van der Waals surface area contributed by atoms with Crippen LogP contribution < -0.4 is 4.74 Å². The number of hydrogen-bond acceptors (Lipinski definition) is 5. The van der Waals surface area contributed by atoms with Gasteiger partial charge in [0.25, 0.3) is 6.47 Å². The summed E-state index contributed by atoms with van der Waals surface area (Å²) in [6.07, 6.45) is 1.83. The van der Waals surface area contributed by atoms with E-state index in [2.05, 4.69) is 14.5 Å². The third-order valence-corrected chi connectivity index (χ3v) is 1.11. The SMILES string of the molecule is COC(=O)n1cnc(OC=O)c1. The average molecular weight is 170 g/mol. The summed E-state index contributed by atoms with van der Waals surface area (Å²) in [6.45, 7) is 0.226. The smallest absolute Gasteiger partial charge is 0.419 e. The van der Waals surface area contributed by atoms with E-state index in [1.807, 2.05) is 0 Å². The molecule has 6 heteroatoms. The summed E-state index contributed by atoms with van der Waals surface area (Å²) >= 11 is 0. The molecule has 0 radical (unpaired) electrons. The van der Waals surface area contributed by atoms with Gasteiger partial charge in [0, 0.05) is 0 Å². The highest BCUT2D eigenvalue weighted by atomic mass is 16.5. The Morgan fingerprint density at radius 1 is 1.75 bits per heavy atom. The number of imidazole rings is 1. The molecule has 0 fully saturated rings. The summed E-state index contributed by atoms with van der Waals surface area (Å²) in [5, 5.41) is 0. The molecule has 0 aromatic carbocycles. The fraction of sp³-hybridized carbons (Fsp3) is 0.167. The van der Waals surface area contributed by atoms with E-state index >= 15 is 0 Å². The zero-order valence-electron chi connectivity index (χ0n) is 6.26. The lowest BCUT2D eigenvalue weighted by Gasteiger charge is -1.94. The van der Waals surface area contributed by atoms with Crippen LogP contribution >= 0.6 is 0 Å². The molecule has 0 aliphatic rings. The van der Waals surface area contributed by atoms with Gasteiger partial charge in [0.15, 0.2) is 0 Å². The van der Waals surface area contributed by atoms with Crippen molar-refractivity contribution in [1.82, 2.24) is 9.55 Å². The minimum Gasteiger partial charge on any atom is -0.452 e. The average Bonchev–Trinajstić information content (AvgIpc) is 2.52. The highest BCUT2D eigenvalue weighted by Crippen LogP contribution is 2.04. The second-order valence-corrected chi connectivity index (χ2v) is 1.80. The molecule has 0 bridgehead atoms. The second kappa shape index (κ2) is 3.51. The molecule has 0 unspecified atom stereocenters. The maximum Gasteiger partial charge on any atom is 0.419 e. The molecular weight excluding hydrogens is 164 g/mol. The van der Waals surface area contributed by atoms with E-state index in [-0.39, 0.29) is 12.4 Å². The van der Waals surface area contributed by atoms with Crippen LogP contribution in [0.2, 0.25) is 0 Å². The standard InChI is InChI=1S/C6H6N2O4/c1-11-6(10)8-2-5(7-3-8)12-4-9/h2-4H,1H3. The number of aromatic nitrogens is 2. The number of rotatable bonds is 2. The van der Waals surface area contributed by atoms with E-state index in [0.29, 0.717) is 0 Å². The first-order chi connectivity index (χ1) is 5.77. The first kappa shape index (κ1) is 8.25. The number of nitrogens with zero attached hydrogens (tertiary/aromatic N) is 2. The van der Waals surface area contributed by atoms with Crippen LogP contribution in [0.25, 0.3) is 0 Å². The van der Waals surface area contributed by atoms with Crippen molar-refractivity contribution >= 4 is 12.6 Å². The maximum absolute atomic E-state index is 10.8. The normalized spacial score (nSPS) is 9.08. The molecule has 0 amide bonds. The van der Waals surface area contributed by atoms with Crippen molar-refractivity contribution in [2.75, 3.05) is 7.11 Å². The maximum atomic E-state index is 10.8. The first-order valence-electron chi connectivity index (χ1n) is 3.00. The van der Waals surface area contributed by atoms with Crippen LogP contribution in [-0.4, -0.2) is 29.2 Å². The van der Waals surface area contributed by atoms with Crippen molar-refractivity contribution in [3.8, 4) is 5.88 Å². The zero-order valence-corrected chi connectivity index (χ0v) is 6.26. The summed E-state index contributed by atoms with van der Waals surface area (Å²) < 4.78 is 9.78. The Kier molecular flexibility index (Phi) is 2.42. The Hall–Kier alpha value is -1.85. The summed E-state index contributed by atoms with van der Waals surface area (Å²) in [7, 11) is 1.24. The van der Waals surface area contributed by atoms with Gasteiger partial charge >= 0.3 is 6.09 Å². The number of hydrogen-bond donors (Lipinski definition) is 0. The number of carbonyl (C=O) groups is 2. The Morgan fingerprint density at radius 3 is 3.08 bits per heavy atom. The van der Waals surface area contributed by atoms with Crippen LogP contribution in [-0.2, 0) is 9.53 Å². The van der Waals surface area contributed by atoms with Crippen LogP contribution in [0.1, 0.15) is 0 Å². The van der Waals surface area contributed by atoms with E-state index in [4.69, 9.17) is 0 Å². The van der Waals surface area contributed by atoms with Gasteiger partial charge in [-0.3, -0.25) is 4.79 Å². The predicted molar refractivity (Wildman–Crippen MR) is 36.7 cm³/mol. The molecule has 6 nitrogen and oxygen atoms in total. The topological polar surface area (TPSA) is 70.4 Å². The van der Waals surface area contributed by atoms with Gasteiger partial charge in [-0.25, -0.2) is 14.3 Å². The second-order valence-electron chi connectivity index (χ2n) is 1.80. The molecule has 12 heavy (non-hydrogen) atoms. The molecule has 0 atom stereocenters. The molecule has 1 aromatic heterocycles. The van der Waals surface area contributed by atoms with Gasteiger partial charge in [-0.1, -0.05) is 0 Å². The van der Waals surface area contributed by atoms with E-state index < -0.39 is 6.09 Å². The Balaban J connectivity index is 2.76. The highest BCUT2D eigenvalue weighted by Gasteiger charge is 2.05. The molecule has 1 heterocycles. The van der Waals surface area contributed by atoms with Gasteiger partial charge in [0.05, 0.1) is 13.3 Å². The molecule has 0 aliphatic carbocycles. The van der Waals surface area contributed by atoms with Crippen molar-refractivity contribution < 1.29 is 19.1 Å². The Bertz CT molecular complexity index is 293. The van der Waals surface area contributed by atoms with Crippen molar-refractivity contribution in [3.63, 3.8) is 0 Å². The molecule has 0 aliphatic heterocycles. The Morgan fingerprint density at radius 2 is 2.50 bits per heavy atom. The summed E-state index contributed by atoms with van der Waals surface area (Å²) in [6, 6.07) is 0. The monoisotopic (exact) mass is 170 g/mol. The summed E-state index contributed by atoms with van der Waals surface area (Å²) in [5.41, 5.74) is 0. The van der Waals surface area contributed by atoms with Crippen molar-refractivity contribution in [3.05, 3.63) is 12.5 Å². The fourth-order valence-corrected chi connectivity index (χ4v) is 0.620. The molecule has 1 aromatic rings. The molecule has 64 valence electrons. The molecule has 1 rings (SSSR count). The van der Waals surface area contributed by atoms with E-state index in [9.17, 15) is 9.59 Å². The van der Waals surface area contributed by atoms with Gasteiger partial charge < -0.3 is 9.47 Å². The largest absolute Gasteiger partial charge is 0.452 e. The van der Waals surface area contributed by atoms with Crippen molar-refractivity contribution in [1.29, 1.82) is 0 Å². The molecule has 0 spiro atoms. The molecule has 0 N–H and O–H groups in total. The van der Waals surface area contributed by atoms with Gasteiger partial charge in [0.1, 0.15) is 6.33 Å². The zero-order chi connectivity index (χ0) is 8.97. The molecular formula is C6H6N2O4. The molecule has 0 saturated heterocycles. The van der Waals surface area contributed by atoms with Crippen LogP contribution in [0.15, 0.2) is 12.5 Å². The third-order valence-electron chi connectivity index (χ3n) is 1.11. The first-order valence-corrected chi connectivity index (χ1v) is 3.00. The lowest BCUT2D eigenvalue weighted by Crippen LogP contribution is -2.08. The van der Waals surface area contributed by atoms with E-state index in [1.54, 1.807) is 0 Å². The van der Waals surface area contributed by atoms with Crippen LogP contribution in [0.4, 0.5) is 4.79 Å². The van der Waals surface area contributed by atoms with Crippen molar-refractivity contribution in [2.24, 2.45) is 0 Å². The quantitative estimate of drug-likeness (QED) is 0.585. The van der Waals surface area contributed by atoms with Gasteiger partial charge in [0.2, 0.25) is 5.88 Å². The lowest BCUT2D eigenvalue weighted by atomic mass is 10.8. The minimum atomic E-state index is -0.594. The number of ether oxygens (including phenoxy) is 2. The Labute approximate surface area is 67.7 Å². The summed E-state index contributed by atoms with van der Waals surface area (Å²) in [5.74, 6) is 0.0513. The van der Waals surface area contributed by atoms with Crippen LogP contribution in [0.3, 0.4) is 0 Å². The minimum absolute atomic E-state index is 0.0513. The predicted octanol–water partition coefficient (Wildman–Crippen LogP) is 0.0328. The third kappa shape index (κ3) is 1.60. The highest BCUT2D eigenvalue weighted by molar-refractivity contribution is 5.70. The van der Waals surface area contributed by atoms with E-state index in [1.165, 1.54) is 19.6 Å². The molecule has 0 saturated carbocycles. The lowest BCUT2D eigenvalue weighted by molar-refractivity contribution is -0.120. The van der Waals surface area contributed by atoms with Crippen LogP contribution in [0, 0.1) is 0 Å².